The van der Waals surface area contributed by atoms with Crippen LogP contribution in [0.3, 0.4) is 0 Å². The molecule has 2 aromatic heterocycles. The Bertz CT molecular complexity index is 1260. The topological polar surface area (TPSA) is 81.8 Å². The maximum Gasteiger partial charge on any atom is 0.229 e. The molecular weight excluding hydrogens is 446 g/mol. The second-order valence-corrected chi connectivity index (χ2v) is 9.67. The SMILES string of the molecule is Cn1cc(-c2cc3n(n2)CCC(=O)N3CCCC(=O)N2CCC3(CC2)OCCO3)c2ccccc21. The van der Waals surface area contributed by atoms with E-state index in [4.69, 9.17) is 14.6 Å². The molecule has 3 aliphatic rings. The summed E-state index contributed by atoms with van der Waals surface area (Å²) in [5.41, 5.74) is 3.08. The number of piperidine rings is 1. The summed E-state index contributed by atoms with van der Waals surface area (Å²) in [4.78, 5) is 29.3. The quantitative estimate of drug-likeness (QED) is 0.564. The monoisotopic (exact) mass is 477 g/mol. The highest BCUT2D eigenvalue weighted by Crippen LogP contribution is 2.34. The summed E-state index contributed by atoms with van der Waals surface area (Å²) >= 11 is 0. The number of anilines is 1. The molecule has 9 nitrogen and oxygen atoms in total. The summed E-state index contributed by atoms with van der Waals surface area (Å²) in [5.74, 6) is 0.557. The minimum atomic E-state index is -0.475. The van der Waals surface area contributed by atoms with Crippen LogP contribution >= 0.6 is 0 Å². The average molecular weight is 478 g/mol. The molecule has 0 unspecified atom stereocenters. The molecule has 2 fully saturated rings. The minimum absolute atomic E-state index is 0.0877. The molecule has 3 aliphatic heterocycles. The Labute approximate surface area is 204 Å². The molecule has 0 bridgehead atoms. The van der Waals surface area contributed by atoms with E-state index < -0.39 is 5.79 Å². The molecule has 1 spiro atoms. The van der Waals surface area contributed by atoms with Gasteiger partial charge in [-0.3, -0.25) is 14.5 Å². The van der Waals surface area contributed by atoms with E-state index in [0.717, 1.165) is 40.8 Å². The molecule has 0 saturated carbocycles. The molecule has 0 atom stereocenters. The van der Waals surface area contributed by atoms with Gasteiger partial charge in [0.2, 0.25) is 11.8 Å². The Hall–Kier alpha value is -3.17. The van der Waals surface area contributed by atoms with Gasteiger partial charge >= 0.3 is 0 Å². The minimum Gasteiger partial charge on any atom is -0.350 e. The van der Waals surface area contributed by atoms with Crippen molar-refractivity contribution in [1.29, 1.82) is 0 Å². The number of rotatable bonds is 5. The van der Waals surface area contributed by atoms with Crippen LogP contribution in [0.25, 0.3) is 22.2 Å². The summed E-state index contributed by atoms with van der Waals surface area (Å²) in [7, 11) is 2.03. The standard InChI is InChI=1S/C26H31N5O4/c1-28-18-20(19-5-2-3-6-22(19)28)21-17-23-30(25(33)8-12-31(23)27-21)11-4-7-24(32)29-13-9-26(10-14-29)34-15-16-35-26/h2-3,5-6,17-18H,4,7-16H2,1H3. The van der Waals surface area contributed by atoms with Gasteiger partial charge in [-0.25, -0.2) is 4.68 Å². The van der Waals surface area contributed by atoms with Crippen LogP contribution < -0.4 is 4.90 Å². The Morgan fingerprint density at radius 1 is 1.11 bits per heavy atom. The number of para-hydroxylation sites is 1. The third-order valence-corrected chi connectivity index (χ3v) is 7.51. The lowest BCUT2D eigenvalue weighted by molar-refractivity contribution is -0.187. The molecule has 2 saturated heterocycles. The number of benzene rings is 1. The third-order valence-electron chi connectivity index (χ3n) is 7.51. The predicted octanol–water partition coefficient (Wildman–Crippen LogP) is 2.92. The van der Waals surface area contributed by atoms with Crippen LogP contribution in [0, 0.1) is 0 Å². The highest BCUT2D eigenvalue weighted by molar-refractivity contribution is 5.98. The Kier molecular flexibility index (Phi) is 5.61. The molecule has 3 aromatic rings. The van der Waals surface area contributed by atoms with Gasteiger partial charge in [0.1, 0.15) is 5.82 Å². The summed E-state index contributed by atoms with van der Waals surface area (Å²) in [5, 5.41) is 5.98. The number of nitrogens with zero attached hydrogens (tertiary/aromatic N) is 5. The van der Waals surface area contributed by atoms with Crippen molar-refractivity contribution in [1.82, 2.24) is 19.2 Å². The molecule has 1 aromatic carbocycles. The van der Waals surface area contributed by atoms with Crippen molar-refractivity contribution >= 4 is 28.5 Å². The molecular formula is C26H31N5O4. The fraction of sp³-hybridized carbons (Fsp3) is 0.500. The van der Waals surface area contributed by atoms with E-state index in [1.165, 1.54) is 0 Å². The lowest BCUT2D eigenvalue weighted by Crippen LogP contribution is -2.47. The first-order valence-electron chi connectivity index (χ1n) is 12.5. The second kappa shape index (κ2) is 8.80. The number of likely N-dealkylation sites (tertiary alicyclic amines) is 1. The lowest BCUT2D eigenvalue weighted by atomic mass is 10.0. The Morgan fingerprint density at radius 3 is 2.69 bits per heavy atom. The van der Waals surface area contributed by atoms with Crippen molar-refractivity contribution in [2.24, 2.45) is 7.05 Å². The largest absolute Gasteiger partial charge is 0.350 e. The zero-order chi connectivity index (χ0) is 24.0. The summed E-state index contributed by atoms with van der Waals surface area (Å²) in [6, 6.07) is 10.3. The van der Waals surface area contributed by atoms with Crippen LogP contribution in [0.4, 0.5) is 5.82 Å². The molecule has 2 amide bonds. The fourth-order valence-corrected chi connectivity index (χ4v) is 5.60. The van der Waals surface area contributed by atoms with E-state index in [-0.39, 0.29) is 11.8 Å². The van der Waals surface area contributed by atoms with Gasteiger partial charge in [-0.1, -0.05) is 18.2 Å². The number of ether oxygens (including phenoxy) is 2. The first-order chi connectivity index (χ1) is 17.0. The predicted molar refractivity (Wildman–Crippen MR) is 131 cm³/mol. The van der Waals surface area contributed by atoms with Gasteiger partial charge in [0.15, 0.2) is 5.79 Å². The van der Waals surface area contributed by atoms with Crippen molar-refractivity contribution in [2.75, 3.05) is 37.7 Å². The maximum atomic E-state index is 12.8. The normalized spacial score (nSPS) is 19.6. The number of aromatic nitrogens is 3. The molecule has 184 valence electrons. The first-order valence-corrected chi connectivity index (χ1v) is 12.5. The number of carbonyl (C=O) groups excluding carboxylic acids is 2. The lowest BCUT2D eigenvalue weighted by Gasteiger charge is -2.37. The molecule has 0 N–H and O–H groups in total. The first kappa shape index (κ1) is 22.3. The van der Waals surface area contributed by atoms with Crippen LogP contribution in [0.1, 0.15) is 32.1 Å². The van der Waals surface area contributed by atoms with Crippen LogP contribution in [-0.2, 0) is 32.7 Å². The van der Waals surface area contributed by atoms with Gasteiger partial charge in [-0.15, -0.1) is 0 Å². The summed E-state index contributed by atoms with van der Waals surface area (Å²) in [6.45, 7) is 3.67. The van der Waals surface area contributed by atoms with E-state index in [0.29, 0.717) is 58.7 Å². The molecule has 0 radical (unpaired) electrons. The fourth-order valence-electron chi connectivity index (χ4n) is 5.60. The van der Waals surface area contributed by atoms with E-state index in [1.807, 2.05) is 34.8 Å². The van der Waals surface area contributed by atoms with Crippen LogP contribution in [-0.4, -0.2) is 69.7 Å². The van der Waals surface area contributed by atoms with Crippen LogP contribution in [0.5, 0.6) is 0 Å². The van der Waals surface area contributed by atoms with Crippen LogP contribution in [0.15, 0.2) is 36.5 Å². The van der Waals surface area contributed by atoms with Gasteiger partial charge in [0.25, 0.3) is 0 Å². The molecule has 5 heterocycles. The van der Waals surface area contributed by atoms with E-state index in [2.05, 4.69) is 22.9 Å². The van der Waals surface area contributed by atoms with E-state index >= 15 is 0 Å². The van der Waals surface area contributed by atoms with Crippen molar-refractivity contribution in [3.05, 3.63) is 36.5 Å². The number of aryl methyl sites for hydroxylation is 2. The second-order valence-electron chi connectivity index (χ2n) is 9.67. The zero-order valence-corrected chi connectivity index (χ0v) is 20.1. The van der Waals surface area contributed by atoms with Gasteiger partial charge in [0, 0.05) is 81.1 Å². The molecule has 9 heteroatoms. The maximum absolute atomic E-state index is 12.8. The number of fused-ring (bicyclic) bond motifs is 2. The Morgan fingerprint density at radius 2 is 1.89 bits per heavy atom. The highest BCUT2D eigenvalue weighted by atomic mass is 16.7. The smallest absolute Gasteiger partial charge is 0.229 e. The number of amides is 2. The van der Waals surface area contributed by atoms with E-state index in [1.54, 1.807) is 4.90 Å². The number of hydrogen-bond donors (Lipinski definition) is 0. The number of hydrogen-bond acceptors (Lipinski definition) is 5. The zero-order valence-electron chi connectivity index (χ0n) is 20.1. The number of carbonyl (C=O) groups is 2. The van der Waals surface area contributed by atoms with Gasteiger partial charge in [-0.2, -0.15) is 5.10 Å². The van der Waals surface area contributed by atoms with Crippen LogP contribution in [0.2, 0.25) is 0 Å². The van der Waals surface area contributed by atoms with Crippen molar-refractivity contribution < 1.29 is 19.1 Å². The van der Waals surface area contributed by atoms with E-state index in [9.17, 15) is 9.59 Å². The molecule has 35 heavy (non-hydrogen) atoms. The Balaban J connectivity index is 1.12. The molecule has 0 aliphatic carbocycles. The summed E-state index contributed by atoms with van der Waals surface area (Å²) in [6.07, 6.45) is 5.00. The average Bonchev–Trinajstić information content (AvgIpc) is 3.59. The van der Waals surface area contributed by atoms with Gasteiger partial charge in [0.05, 0.1) is 25.5 Å². The summed E-state index contributed by atoms with van der Waals surface area (Å²) < 4.78 is 15.5. The molecule has 6 rings (SSSR count). The highest BCUT2D eigenvalue weighted by Gasteiger charge is 2.40. The third kappa shape index (κ3) is 4.02. The van der Waals surface area contributed by atoms with Crippen molar-refractivity contribution in [3.63, 3.8) is 0 Å². The van der Waals surface area contributed by atoms with Crippen molar-refractivity contribution in [2.45, 2.75) is 44.4 Å². The van der Waals surface area contributed by atoms with Crippen molar-refractivity contribution in [3.8, 4) is 11.3 Å². The van der Waals surface area contributed by atoms with Gasteiger partial charge < -0.3 is 18.9 Å². The van der Waals surface area contributed by atoms with Gasteiger partial charge in [-0.05, 0) is 12.5 Å².